The van der Waals surface area contributed by atoms with E-state index >= 15 is 0 Å². The molecular formula is C17H30N3O3-. The van der Waals surface area contributed by atoms with Gasteiger partial charge in [-0.15, -0.1) is 0 Å². The fourth-order valence-electron chi connectivity index (χ4n) is 3.98. The molecule has 1 saturated carbocycles. The van der Waals surface area contributed by atoms with E-state index in [1.54, 1.807) is 32.7 Å². The van der Waals surface area contributed by atoms with Gasteiger partial charge in [0.2, 0.25) is 0 Å². The Morgan fingerprint density at radius 1 is 1.04 bits per heavy atom. The Morgan fingerprint density at radius 3 is 2.13 bits per heavy atom. The summed E-state index contributed by atoms with van der Waals surface area (Å²) < 4.78 is 0. The largest absolute Gasteiger partial charge is 0.529 e. The van der Waals surface area contributed by atoms with E-state index in [0.29, 0.717) is 6.04 Å². The first-order chi connectivity index (χ1) is 10.7. The summed E-state index contributed by atoms with van der Waals surface area (Å²) in [4.78, 5) is 29.2. The molecule has 3 amide bonds. The highest BCUT2D eigenvalue weighted by Gasteiger charge is 2.39. The summed E-state index contributed by atoms with van der Waals surface area (Å²) in [6.07, 6.45) is 5.30. The van der Waals surface area contributed by atoms with Gasteiger partial charge in [-0.05, 0) is 59.5 Å². The SMILES string of the molecule is CN(C(=O)N(C(=O)[O-])C(C)(C)C)C1CCCCC1N1CCCC1. The van der Waals surface area contributed by atoms with Gasteiger partial charge >= 0.3 is 6.03 Å². The van der Waals surface area contributed by atoms with Crippen molar-refractivity contribution < 1.29 is 14.7 Å². The van der Waals surface area contributed by atoms with Gasteiger partial charge in [0.15, 0.2) is 0 Å². The minimum absolute atomic E-state index is 0.0820. The summed E-state index contributed by atoms with van der Waals surface area (Å²) in [6.45, 7) is 7.33. The van der Waals surface area contributed by atoms with Crippen molar-refractivity contribution in [2.45, 2.75) is 76.9 Å². The van der Waals surface area contributed by atoms with Crippen molar-refractivity contribution in [1.29, 1.82) is 0 Å². The van der Waals surface area contributed by atoms with Crippen LogP contribution in [0.1, 0.15) is 59.3 Å². The van der Waals surface area contributed by atoms with Gasteiger partial charge in [0.25, 0.3) is 0 Å². The number of hydrogen-bond donors (Lipinski definition) is 0. The fraction of sp³-hybridized carbons (Fsp3) is 0.882. The minimum atomic E-state index is -1.43. The summed E-state index contributed by atoms with van der Waals surface area (Å²) in [5, 5.41) is 11.5. The third kappa shape index (κ3) is 3.97. The molecule has 2 aliphatic rings. The standard InChI is InChI=1S/C17H31N3O3/c1-17(2,3)20(16(22)23)15(21)18(4)13-9-5-6-10-14(13)19-11-7-8-12-19/h13-14H,5-12H2,1-4H3,(H,22,23)/p-1. The Balaban J connectivity index is 2.16. The smallest absolute Gasteiger partial charge is 0.325 e. The number of hydrogen-bond acceptors (Lipinski definition) is 4. The van der Waals surface area contributed by atoms with Crippen LogP contribution in [0, 0.1) is 0 Å². The predicted octanol–water partition coefficient (Wildman–Crippen LogP) is 1.89. The van der Waals surface area contributed by atoms with E-state index in [1.165, 1.54) is 19.3 Å². The number of carbonyl (C=O) groups is 2. The Labute approximate surface area is 139 Å². The molecule has 23 heavy (non-hydrogen) atoms. The molecule has 0 aromatic heterocycles. The summed E-state index contributed by atoms with van der Waals surface area (Å²) >= 11 is 0. The van der Waals surface area contributed by atoms with Crippen LogP contribution in [0.4, 0.5) is 9.59 Å². The zero-order valence-corrected chi connectivity index (χ0v) is 14.9. The molecule has 2 unspecified atom stereocenters. The van der Waals surface area contributed by atoms with Gasteiger partial charge in [0.05, 0.1) is 0 Å². The quantitative estimate of drug-likeness (QED) is 0.778. The van der Waals surface area contributed by atoms with Crippen molar-refractivity contribution in [2.24, 2.45) is 0 Å². The molecule has 0 N–H and O–H groups in total. The molecule has 1 heterocycles. The van der Waals surface area contributed by atoms with Crippen LogP contribution < -0.4 is 5.11 Å². The molecule has 0 spiro atoms. The maximum atomic E-state index is 12.8. The predicted molar refractivity (Wildman–Crippen MR) is 87.0 cm³/mol. The second-order valence-corrected chi connectivity index (χ2v) is 7.83. The van der Waals surface area contributed by atoms with Gasteiger partial charge in [0, 0.05) is 24.7 Å². The van der Waals surface area contributed by atoms with Gasteiger partial charge < -0.3 is 14.8 Å². The van der Waals surface area contributed by atoms with Crippen LogP contribution in [-0.2, 0) is 0 Å². The number of likely N-dealkylation sites (tertiary alicyclic amines) is 1. The number of imide groups is 1. The fourth-order valence-corrected chi connectivity index (χ4v) is 3.98. The summed E-state index contributed by atoms with van der Waals surface area (Å²) in [6, 6.07) is -0.0316. The van der Waals surface area contributed by atoms with Crippen LogP contribution in [0.15, 0.2) is 0 Å². The van der Waals surface area contributed by atoms with Crippen LogP contribution >= 0.6 is 0 Å². The molecule has 6 nitrogen and oxygen atoms in total. The minimum Gasteiger partial charge on any atom is -0.529 e. The van der Waals surface area contributed by atoms with Crippen LogP contribution in [-0.4, -0.2) is 64.6 Å². The highest BCUT2D eigenvalue weighted by Crippen LogP contribution is 2.30. The van der Waals surface area contributed by atoms with E-state index in [9.17, 15) is 14.7 Å². The Bertz CT molecular complexity index is 441. The first kappa shape index (κ1) is 18.0. The normalized spacial score (nSPS) is 26.1. The van der Waals surface area contributed by atoms with Crippen molar-refractivity contribution in [1.82, 2.24) is 14.7 Å². The van der Waals surface area contributed by atoms with E-state index in [0.717, 1.165) is 37.3 Å². The average molecular weight is 324 g/mol. The number of carbonyl (C=O) groups excluding carboxylic acids is 2. The number of urea groups is 1. The molecule has 2 rings (SSSR count). The molecule has 1 aliphatic carbocycles. The molecule has 0 aromatic rings. The highest BCUT2D eigenvalue weighted by atomic mass is 16.4. The number of carboxylic acid groups (broad SMARTS) is 1. The lowest BCUT2D eigenvalue weighted by atomic mass is 9.88. The second kappa shape index (κ2) is 7.07. The molecule has 0 bridgehead atoms. The van der Waals surface area contributed by atoms with Crippen molar-refractivity contribution in [3.8, 4) is 0 Å². The molecule has 1 aliphatic heterocycles. The number of likely N-dealkylation sites (N-methyl/N-ethyl adjacent to an activating group) is 1. The van der Waals surface area contributed by atoms with E-state index in [-0.39, 0.29) is 6.04 Å². The van der Waals surface area contributed by atoms with Gasteiger partial charge in [-0.25, -0.2) is 4.79 Å². The summed E-state index contributed by atoms with van der Waals surface area (Å²) in [5.74, 6) is 0. The zero-order valence-electron chi connectivity index (χ0n) is 14.9. The summed E-state index contributed by atoms with van der Waals surface area (Å²) in [5.41, 5.74) is -0.804. The molecular weight excluding hydrogens is 294 g/mol. The Morgan fingerprint density at radius 2 is 1.61 bits per heavy atom. The first-order valence-electron chi connectivity index (χ1n) is 8.75. The molecule has 0 radical (unpaired) electrons. The second-order valence-electron chi connectivity index (χ2n) is 7.83. The van der Waals surface area contributed by atoms with Gasteiger partial charge in [-0.3, -0.25) is 9.80 Å². The lowest BCUT2D eigenvalue weighted by molar-refractivity contribution is -0.266. The molecule has 2 fully saturated rings. The first-order valence-corrected chi connectivity index (χ1v) is 8.75. The zero-order chi connectivity index (χ0) is 17.2. The lowest BCUT2D eigenvalue weighted by Crippen LogP contribution is -2.62. The van der Waals surface area contributed by atoms with Gasteiger partial charge in [0.1, 0.15) is 6.09 Å². The van der Waals surface area contributed by atoms with E-state index in [1.807, 2.05) is 0 Å². The third-order valence-corrected chi connectivity index (χ3v) is 5.15. The Kier molecular flexibility index (Phi) is 5.55. The maximum Gasteiger partial charge on any atom is 0.325 e. The van der Waals surface area contributed by atoms with Crippen LogP contribution in [0.25, 0.3) is 0 Å². The van der Waals surface area contributed by atoms with Crippen LogP contribution in [0.2, 0.25) is 0 Å². The van der Waals surface area contributed by atoms with E-state index < -0.39 is 17.7 Å². The van der Waals surface area contributed by atoms with Crippen molar-refractivity contribution in [3.63, 3.8) is 0 Å². The average Bonchev–Trinajstić information content (AvgIpc) is 2.98. The molecule has 6 heteroatoms. The summed E-state index contributed by atoms with van der Waals surface area (Å²) in [7, 11) is 1.74. The number of nitrogens with zero attached hydrogens (tertiary/aromatic N) is 3. The Hall–Kier alpha value is -1.30. The molecule has 0 aromatic carbocycles. The molecule has 2 atom stereocenters. The van der Waals surface area contributed by atoms with Crippen molar-refractivity contribution >= 4 is 12.1 Å². The van der Waals surface area contributed by atoms with Gasteiger partial charge in [-0.2, -0.15) is 0 Å². The topological polar surface area (TPSA) is 66.9 Å². The lowest BCUT2D eigenvalue weighted by Gasteiger charge is -2.46. The van der Waals surface area contributed by atoms with Crippen molar-refractivity contribution in [3.05, 3.63) is 0 Å². The van der Waals surface area contributed by atoms with Crippen LogP contribution in [0.3, 0.4) is 0 Å². The van der Waals surface area contributed by atoms with Crippen molar-refractivity contribution in [2.75, 3.05) is 20.1 Å². The molecule has 132 valence electrons. The number of rotatable bonds is 2. The van der Waals surface area contributed by atoms with Crippen LogP contribution in [0.5, 0.6) is 0 Å². The third-order valence-electron chi connectivity index (χ3n) is 5.15. The van der Waals surface area contributed by atoms with E-state index in [2.05, 4.69) is 4.90 Å². The maximum absolute atomic E-state index is 12.8. The number of amides is 3. The van der Waals surface area contributed by atoms with E-state index in [4.69, 9.17) is 0 Å². The monoisotopic (exact) mass is 324 g/mol. The highest BCUT2D eigenvalue weighted by molar-refractivity contribution is 5.90. The van der Waals surface area contributed by atoms with Gasteiger partial charge in [-0.1, -0.05) is 12.8 Å². The molecule has 1 saturated heterocycles.